The maximum absolute atomic E-state index is 11.8. The van der Waals surface area contributed by atoms with E-state index in [9.17, 15) is 18.0 Å². The van der Waals surface area contributed by atoms with Gasteiger partial charge >= 0.3 is 6.18 Å². The molecule has 0 heterocycles. The number of halogens is 3. The minimum absolute atomic E-state index is 0.321. The number of amides is 1. The Morgan fingerprint density at radius 3 is 2.57 bits per heavy atom. The quantitative estimate of drug-likeness (QED) is 0.685. The van der Waals surface area contributed by atoms with Crippen LogP contribution in [-0.4, -0.2) is 38.4 Å². The van der Waals surface area contributed by atoms with Crippen molar-refractivity contribution in [2.24, 2.45) is 0 Å². The third-order valence-corrected chi connectivity index (χ3v) is 2.53. The molecular formula is C14H19F3N2O2. The fourth-order valence-electron chi connectivity index (χ4n) is 1.54. The van der Waals surface area contributed by atoms with Gasteiger partial charge in [0.05, 0.1) is 0 Å². The second-order valence-corrected chi connectivity index (χ2v) is 4.46. The van der Waals surface area contributed by atoms with Crippen LogP contribution < -0.4 is 10.6 Å². The molecule has 0 radical (unpaired) electrons. The number of nitrogens with one attached hydrogen (secondary N) is 2. The summed E-state index contributed by atoms with van der Waals surface area (Å²) < 4.78 is 40.5. The van der Waals surface area contributed by atoms with Gasteiger partial charge < -0.3 is 15.4 Å². The second-order valence-electron chi connectivity index (χ2n) is 4.46. The van der Waals surface area contributed by atoms with E-state index in [0.717, 1.165) is 6.54 Å². The smallest absolute Gasteiger partial charge is 0.372 e. The SMILES string of the molecule is O=C(COCCCNCc1ccccc1)NCC(F)(F)F. The fourth-order valence-corrected chi connectivity index (χ4v) is 1.54. The van der Waals surface area contributed by atoms with E-state index < -0.39 is 18.6 Å². The van der Waals surface area contributed by atoms with Crippen LogP contribution in [0.25, 0.3) is 0 Å². The summed E-state index contributed by atoms with van der Waals surface area (Å²) in [5.41, 5.74) is 1.17. The molecule has 0 aliphatic heterocycles. The number of carbonyl (C=O) groups is 1. The molecule has 0 saturated carbocycles. The minimum atomic E-state index is -4.39. The molecule has 118 valence electrons. The summed E-state index contributed by atoms with van der Waals surface area (Å²) in [6.45, 7) is 0.0930. The van der Waals surface area contributed by atoms with Crippen molar-refractivity contribution in [3.05, 3.63) is 35.9 Å². The minimum Gasteiger partial charge on any atom is -0.372 e. The van der Waals surface area contributed by atoms with Crippen LogP contribution in [0.3, 0.4) is 0 Å². The lowest BCUT2D eigenvalue weighted by Gasteiger charge is -2.09. The Morgan fingerprint density at radius 1 is 1.19 bits per heavy atom. The largest absolute Gasteiger partial charge is 0.405 e. The number of hydrogen-bond acceptors (Lipinski definition) is 3. The molecule has 0 unspecified atom stereocenters. The van der Waals surface area contributed by atoms with Gasteiger partial charge in [-0.05, 0) is 18.5 Å². The lowest BCUT2D eigenvalue weighted by molar-refractivity contribution is -0.141. The highest BCUT2D eigenvalue weighted by Gasteiger charge is 2.27. The molecule has 0 saturated heterocycles. The van der Waals surface area contributed by atoms with Gasteiger partial charge in [-0.15, -0.1) is 0 Å². The summed E-state index contributed by atoms with van der Waals surface area (Å²) in [4.78, 5) is 11.0. The number of hydrogen-bond donors (Lipinski definition) is 2. The number of alkyl halides is 3. The highest BCUT2D eigenvalue weighted by Crippen LogP contribution is 2.11. The van der Waals surface area contributed by atoms with Crippen LogP contribution in [-0.2, 0) is 16.1 Å². The fraction of sp³-hybridized carbons (Fsp3) is 0.500. The molecule has 1 aromatic carbocycles. The van der Waals surface area contributed by atoms with Gasteiger partial charge in [0.25, 0.3) is 0 Å². The van der Waals surface area contributed by atoms with Gasteiger partial charge in [-0.2, -0.15) is 13.2 Å². The van der Waals surface area contributed by atoms with Crippen molar-refractivity contribution in [1.82, 2.24) is 10.6 Å². The van der Waals surface area contributed by atoms with Crippen LogP contribution >= 0.6 is 0 Å². The lowest BCUT2D eigenvalue weighted by atomic mass is 10.2. The molecule has 4 nitrogen and oxygen atoms in total. The van der Waals surface area contributed by atoms with Gasteiger partial charge in [0.1, 0.15) is 13.2 Å². The lowest BCUT2D eigenvalue weighted by Crippen LogP contribution is -2.36. The van der Waals surface area contributed by atoms with Crippen molar-refractivity contribution < 1.29 is 22.7 Å². The predicted molar refractivity (Wildman–Crippen MR) is 72.6 cm³/mol. The molecule has 1 amide bonds. The average molecular weight is 304 g/mol. The van der Waals surface area contributed by atoms with Crippen LogP contribution in [0.4, 0.5) is 13.2 Å². The van der Waals surface area contributed by atoms with Crippen molar-refractivity contribution >= 4 is 5.91 Å². The van der Waals surface area contributed by atoms with Crippen molar-refractivity contribution in [3.63, 3.8) is 0 Å². The topological polar surface area (TPSA) is 50.4 Å². The van der Waals surface area contributed by atoms with Gasteiger partial charge in [-0.3, -0.25) is 4.79 Å². The first kappa shape index (κ1) is 17.5. The van der Waals surface area contributed by atoms with E-state index in [2.05, 4.69) is 5.32 Å². The molecule has 0 spiro atoms. The van der Waals surface area contributed by atoms with Gasteiger partial charge in [0, 0.05) is 13.2 Å². The molecule has 21 heavy (non-hydrogen) atoms. The Balaban J connectivity index is 1.94. The number of rotatable bonds is 9. The first-order valence-corrected chi connectivity index (χ1v) is 6.63. The second kappa shape index (κ2) is 9.36. The van der Waals surface area contributed by atoms with Crippen LogP contribution in [0.1, 0.15) is 12.0 Å². The van der Waals surface area contributed by atoms with E-state index in [1.165, 1.54) is 5.56 Å². The zero-order valence-electron chi connectivity index (χ0n) is 11.6. The summed E-state index contributed by atoms with van der Waals surface area (Å²) in [5.74, 6) is -0.760. The maximum atomic E-state index is 11.8. The van der Waals surface area contributed by atoms with Crippen molar-refractivity contribution in [2.75, 3.05) is 26.3 Å². The number of ether oxygens (including phenoxy) is 1. The first-order valence-electron chi connectivity index (χ1n) is 6.63. The van der Waals surface area contributed by atoms with E-state index >= 15 is 0 Å². The van der Waals surface area contributed by atoms with Gasteiger partial charge in [0.2, 0.25) is 5.91 Å². The van der Waals surface area contributed by atoms with Crippen LogP contribution in [0.2, 0.25) is 0 Å². The standard InChI is InChI=1S/C14H19F3N2O2/c15-14(16,17)11-19-13(20)10-21-8-4-7-18-9-12-5-2-1-3-6-12/h1-3,5-6,18H,4,7-11H2,(H,19,20). The molecule has 7 heteroatoms. The Bertz CT molecular complexity index is 410. The Morgan fingerprint density at radius 2 is 1.90 bits per heavy atom. The van der Waals surface area contributed by atoms with Gasteiger partial charge in [0.15, 0.2) is 0 Å². The van der Waals surface area contributed by atoms with Crippen molar-refractivity contribution in [3.8, 4) is 0 Å². The summed E-state index contributed by atoms with van der Waals surface area (Å²) >= 11 is 0. The van der Waals surface area contributed by atoms with Crippen molar-refractivity contribution in [2.45, 2.75) is 19.1 Å². The normalized spacial score (nSPS) is 11.4. The number of carbonyl (C=O) groups excluding carboxylic acids is 1. The molecule has 2 N–H and O–H groups in total. The molecule has 0 aromatic heterocycles. The van der Waals surface area contributed by atoms with Crippen LogP contribution in [0.15, 0.2) is 30.3 Å². The van der Waals surface area contributed by atoms with Crippen LogP contribution in [0, 0.1) is 0 Å². The summed E-state index contributed by atoms with van der Waals surface area (Å²) in [6.07, 6.45) is -3.71. The van der Waals surface area contributed by atoms with E-state index in [1.807, 2.05) is 30.3 Å². The van der Waals surface area contributed by atoms with Gasteiger partial charge in [-0.1, -0.05) is 30.3 Å². The van der Waals surface area contributed by atoms with E-state index in [-0.39, 0.29) is 6.61 Å². The molecule has 0 aliphatic carbocycles. The Labute approximate surface area is 121 Å². The zero-order valence-corrected chi connectivity index (χ0v) is 11.6. The molecule has 0 aliphatic rings. The molecule has 1 aromatic rings. The average Bonchev–Trinajstić information content (AvgIpc) is 2.44. The Hall–Kier alpha value is -1.60. The van der Waals surface area contributed by atoms with E-state index in [4.69, 9.17) is 4.74 Å². The van der Waals surface area contributed by atoms with Gasteiger partial charge in [-0.25, -0.2) is 0 Å². The maximum Gasteiger partial charge on any atom is 0.405 e. The summed E-state index contributed by atoms with van der Waals surface area (Å²) in [7, 11) is 0. The highest BCUT2D eigenvalue weighted by molar-refractivity contribution is 5.77. The third kappa shape index (κ3) is 9.86. The first-order chi connectivity index (χ1) is 9.97. The highest BCUT2D eigenvalue weighted by atomic mass is 19.4. The zero-order chi connectivity index (χ0) is 15.6. The predicted octanol–water partition coefficient (Wildman–Crippen LogP) is 1.86. The Kier molecular flexibility index (Phi) is 7.78. The molecule has 0 bridgehead atoms. The summed E-state index contributed by atoms with van der Waals surface area (Å²) in [5, 5.41) is 4.95. The molecular weight excluding hydrogens is 285 g/mol. The summed E-state index contributed by atoms with van der Waals surface area (Å²) in [6, 6.07) is 9.88. The van der Waals surface area contributed by atoms with Crippen LogP contribution in [0.5, 0.6) is 0 Å². The number of benzene rings is 1. The monoisotopic (exact) mass is 304 g/mol. The molecule has 0 fully saturated rings. The van der Waals surface area contributed by atoms with Crippen molar-refractivity contribution in [1.29, 1.82) is 0 Å². The van der Waals surface area contributed by atoms with E-state index in [1.54, 1.807) is 5.32 Å². The molecule has 1 rings (SSSR count). The molecule has 0 atom stereocenters. The van der Waals surface area contributed by atoms with E-state index in [0.29, 0.717) is 19.6 Å². The third-order valence-electron chi connectivity index (χ3n) is 2.53.